The Hall–Kier alpha value is -1.89. The van der Waals surface area contributed by atoms with Gasteiger partial charge in [-0.2, -0.15) is 0 Å². The quantitative estimate of drug-likeness (QED) is 0.560. The maximum Gasteiger partial charge on any atom is 0.287 e. The Kier molecular flexibility index (Phi) is 3.62. The van der Waals surface area contributed by atoms with Gasteiger partial charge in [-0.05, 0) is 6.92 Å². The summed E-state index contributed by atoms with van der Waals surface area (Å²) >= 11 is 0. The van der Waals surface area contributed by atoms with E-state index in [4.69, 9.17) is 5.11 Å². The highest BCUT2D eigenvalue weighted by molar-refractivity contribution is 5.93. The van der Waals surface area contributed by atoms with Crippen LogP contribution in [0.5, 0.6) is 0 Å². The minimum Gasteiger partial charge on any atom is -0.394 e. The molecule has 0 aliphatic rings. The monoisotopic (exact) mass is 227 g/mol. The number of carbonyl (C=O) groups is 1. The second kappa shape index (κ2) is 4.75. The summed E-state index contributed by atoms with van der Waals surface area (Å²) in [5.74, 6) is -0.447. The zero-order valence-electron chi connectivity index (χ0n) is 9.01. The summed E-state index contributed by atoms with van der Waals surface area (Å²) < 4.78 is 1.37. The zero-order valence-corrected chi connectivity index (χ0v) is 9.01. The number of nitro groups is 1. The first-order valence-corrected chi connectivity index (χ1v) is 4.68. The van der Waals surface area contributed by atoms with Gasteiger partial charge in [-0.3, -0.25) is 14.9 Å². The van der Waals surface area contributed by atoms with E-state index >= 15 is 0 Å². The maximum atomic E-state index is 11.6. The topological polar surface area (TPSA) is 97.4 Å². The average Bonchev–Trinajstić information content (AvgIpc) is 2.60. The molecule has 0 bridgehead atoms. The van der Waals surface area contributed by atoms with Gasteiger partial charge in [0.25, 0.3) is 11.6 Å². The Balaban J connectivity index is 2.87. The molecular weight excluding hydrogens is 214 g/mol. The smallest absolute Gasteiger partial charge is 0.287 e. The van der Waals surface area contributed by atoms with E-state index in [0.29, 0.717) is 0 Å². The third-order valence-electron chi connectivity index (χ3n) is 2.09. The lowest BCUT2D eigenvalue weighted by atomic mass is 10.3. The second-order valence-electron chi connectivity index (χ2n) is 3.51. The third kappa shape index (κ3) is 2.57. The molecule has 0 aliphatic carbocycles. The van der Waals surface area contributed by atoms with Gasteiger partial charge >= 0.3 is 0 Å². The molecule has 1 amide bonds. The molecule has 2 N–H and O–H groups in total. The number of hydrogen-bond acceptors (Lipinski definition) is 4. The lowest BCUT2D eigenvalue weighted by Gasteiger charge is -2.10. The summed E-state index contributed by atoms with van der Waals surface area (Å²) in [4.78, 5) is 21.5. The molecule has 0 spiro atoms. The van der Waals surface area contributed by atoms with Gasteiger partial charge < -0.3 is 15.0 Å². The predicted octanol–water partition coefficient (Wildman–Crippen LogP) is 0.0439. The molecule has 0 fully saturated rings. The number of aliphatic hydroxyl groups excluding tert-OH is 1. The Labute approximate surface area is 91.8 Å². The van der Waals surface area contributed by atoms with Crippen LogP contribution >= 0.6 is 0 Å². The molecule has 1 aromatic heterocycles. The van der Waals surface area contributed by atoms with Crippen LogP contribution in [0, 0.1) is 10.1 Å². The largest absolute Gasteiger partial charge is 0.394 e. The summed E-state index contributed by atoms with van der Waals surface area (Å²) in [7, 11) is 1.55. The van der Waals surface area contributed by atoms with Crippen molar-refractivity contribution < 1.29 is 14.8 Å². The number of aliphatic hydroxyl groups is 1. The van der Waals surface area contributed by atoms with Crippen molar-refractivity contribution in [2.24, 2.45) is 7.05 Å². The van der Waals surface area contributed by atoms with Gasteiger partial charge in [0.2, 0.25) is 0 Å². The Morgan fingerprint density at radius 2 is 2.38 bits per heavy atom. The van der Waals surface area contributed by atoms with Crippen LogP contribution in [0.3, 0.4) is 0 Å². The van der Waals surface area contributed by atoms with Crippen molar-refractivity contribution in [1.82, 2.24) is 9.88 Å². The van der Waals surface area contributed by atoms with Crippen molar-refractivity contribution in [2.45, 2.75) is 13.0 Å². The Morgan fingerprint density at radius 3 is 2.81 bits per heavy atom. The van der Waals surface area contributed by atoms with Gasteiger partial charge in [-0.15, -0.1) is 0 Å². The van der Waals surface area contributed by atoms with E-state index in [9.17, 15) is 14.9 Å². The van der Waals surface area contributed by atoms with Gasteiger partial charge in [-0.1, -0.05) is 0 Å². The number of nitrogens with one attached hydrogen (secondary N) is 1. The Morgan fingerprint density at radius 1 is 1.75 bits per heavy atom. The van der Waals surface area contributed by atoms with Gasteiger partial charge in [0.05, 0.1) is 17.7 Å². The third-order valence-corrected chi connectivity index (χ3v) is 2.09. The molecule has 0 saturated heterocycles. The molecule has 1 aromatic rings. The van der Waals surface area contributed by atoms with Gasteiger partial charge in [0.1, 0.15) is 5.69 Å². The van der Waals surface area contributed by atoms with Crippen LogP contribution in [0.15, 0.2) is 12.3 Å². The van der Waals surface area contributed by atoms with Crippen LogP contribution in [-0.4, -0.2) is 33.2 Å². The lowest BCUT2D eigenvalue weighted by molar-refractivity contribution is -0.384. The summed E-state index contributed by atoms with van der Waals surface area (Å²) in [5, 5.41) is 21.8. The molecule has 0 aliphatic heterocycles. The molecule has 7 nitrogen and oxygen atoms in total. The van der Waals surface area contributed by atoms with Crippen molar-refractivity contribution in [1.29, 1.82) is 0 Å². The van der Waals surface area contributed by atoms with Crippen LogP contribution in [0.25, 0.3) is 0 Å². The van der Waals surface area contributed by atoms with Crippen LogP contribution in [0.1, 0.15) is 17.4 Å². The molecule has 1 atom stereocenters. The summed E-state index contributed by atoms with van der Waals surface area (Å²) in [6.45, 7) is 1.45. The highest BCUT2D eigenvalue weighted by Crippen LogP contribution is 2.14. The van der Waals surface area contributed by atoms with E-state index in [1.165, 1.54) is 16.8 Å². The molecule has 1 rings (SSSR count). The van der Waals surface area contributed by atoms with Crippen molar-refractivity contribution in [2.75, 3.05) is 6.61 Å². The van der Waals surface area contributed by atoms with Gasteiger partial charge in [0.15, 0.2) is 0 Å². The number of aryl methyl sites for hydroxylation is 1. The molecule has 16 heavy (non-hydrogen) atoms. The summed E-state index contributed by atoms with van der Waals surface area (Å²) in [5.41, 5.74) is 0.0521. The fourth-order valence-electron chi connectivity index (χ4n) is 1.22. The molecule has 0 unspecified atom stereocenters. The Bertz CT molecular complexity index is 413. The molecule has 1 heterocycles. The van der Waals surface area contributed by atoms with Crippen molar-refractivity contribution >= 4 is 11.6 Å². The number of nitrogens with zero attached hydrogens (tertiary/aromatic N) is 2. The highest BCUT2D eigenvalue weighted by atomic mass is 16.6. The maximum absolute atomic E-state index is 11.6. The van der Waals surface area contributed by atoms with Crippen LogP contribution in [0.4, 0.5) is 5.69 Å². The molecule has 88 valence electrons. The number of amides is 1. The van der Waals surface area contributed by atoms with E-state index in [1.807, 2.05) is 0 Å². The first kappa shape index (κ1) is 12.2. The van der Waals surface area contributed by atoms with Gasteiger partial charge in [-0.25, -0.2) is 0 Å². The number of carbonyl (C=O) groups excluding carboxylic acids is 1. The SMILES string of the molecule is C[C@H](CO)NC(=O)c1cc([N+](=O)[O-])cn1C. The lowest BCUT2D eigenvalue weighted by Crippen LogP contribution is -2.35. The van der Waals surface area contributed by atoms with E-state index in [-0.39, 0.29) is 24.0 Å². The fraction of sp³-hybridized carbons (Fsp3) is 0.444. The van der Waals surface area contributed by atoms with Crippen LogP contribution in [-0.2, 0) is 7.05 Å². The summed E-state index contributed by atoms with van der Waals surface area (Å²) in [6.07, 6.45) is 1.26. The number of hydrogen-bond donors (Lipinski definition) is 2. The van der Waals surface area contributed by atoms with E-state index < -0.39 is 10.8 Å². The van der Waals surface area contributed by atoms with Crippen molar-refractivity contribution in [3.63, 3.8) is 0 Å². The van der Waals surface area contributed by atoms with Crippen molar-refractivity contribution in [3.8, 4) is 0 Å². The first-order chi connectivity index (χ1) is 7.45. The molecule has 0 saturated carbocycles. The van der Waals surface area contributed by atoms with Gasteiger partial charge in [0, 0.05) is 19.2 Å². The zero-order chi connectivity index (χ0) is 12.3. The fourth-order valence-corrected chi connectivity index (χ4v) is 1.22. The van der Waals surface area contributed by atoms with Crippen molar-refractivity contribution in [3.05, 3.63) is 28.1 Å². The average molecular weight is 227 g/mol. The molecule has 0 radical (unpaired) electrons. The highest BCUT2D eigenvalue weighted by Gasteiger charge is 2.18. The summed E-state index contributed by atoms with van der Waals surface area (Å²) in [6, 6.07) is 0.806. The normalized spacial score (nSPS) is 12.2. The molecular formula is C9H13N3O4. The van der Waals surface area contributed by atoms with E-state index in [0.717, 1.165) is 0 Å². The second-order valence-corrected chi connectivity index (χ2v) is 3.51. The molecule has 0 aromatic carbocycles. The minimum absolute atomic E-state index is 0.135. The van der Waals surface area contributed by atoms with Crippen LogP contribution < -0.4 is 5.32 Å². The number of rotatable bonds is 4. The van der Waals surface area contributed by atoms with E-state index in [1.54, 1.807) is 14.0 Å². The minimum atomic E-state index is -0.563. The standard InChI is InChI=1S/C9H13N3O4/c1-6(5-13)10-9(14)8-3-7(12(15)16)4-11(8)2/h3-4,6,13H,5H2,1-2H3,(H,10,14)/t6-/m1/s1. The molecule has 7 heteroatoms. The van der Waals surface area contributed by atoms with Crippen LogP contribution in [0.2, 0.25) is 0 Å². The van der Waals surface area contributed by atoms with E-state index in [2.05, 4.69) is 5.32 Å². The number of aromatic nitrogens is 1. The first-order valence-electron chi connectivity index (χ1n) is 4.68. The predicted molar refractivity (Wildman–Crippen MR) is 56.1 cm³/mol.